The maximum atomic E-state index is 11.7. The van der Waals surface area contributed by atoms with E-state index in [-0.39, 0.29) is 35.7 Å². The van der Waals surface area contributed by atoms with E-state index >= 15 is 0 Å². The molecule has 0 aliphatic rings. The van der Waals surface area contributed by atoms with Gasteiger partial charge in [-0.25, -0.2) is 0 Å². The molecule has 1 amide bonds. The molecule has 0 unspecified atom stereocenters. The number of ketones is 1. The topological polar surface area (TPSA) is 125 Å². The molecule has 0 aliphatic heterocycles. The number of carbonyl (C=O) groups is 3. The second kappa shape index (κ2) is 8.47. The summed E-state index contributed by atoms with van der Waals surface area (Å²) in [5, 5.41) is 13.3. The second-order valence-electron chi connectivity index (χ2n) is 4.55. The number of nitrogens with zero attached hydrogens (tertiary/aromatic N) is 1. The van der Waals surface area contributed by atoms with Crippen molar-refractivity contribution in [2.24, 2.45) is 0 Å². The molecule has 0 spiro atoms. The summed E-state index contributed by atoms with van der Waals surface area (Å²) in [5.74, 6) is -1.32. The Balaban J connectivity index is 2.62. The molecule has 23 heavy (non-hydrogen) atoms. The summed E-state index contributed by atoms with van der Waals surface area (Å²) < 4.78 is 9.55. The van der Waals surface area contributed by atoms with Crippen molar-refractivity contribution in [3.8, 4) is 5.75 Å². The van der Waals surface area contributed by atoms with Gasteiger partial charge >= 0.3 is 5.97 Å². The van der Waals surface area contributed by atoms with Crippen molar-refractivity contribution in [1.29, 1.82) is 0 Å². The molecule has 0 aliphatic carbocycles. The number of methoxy groups -OCH3 is 1. The number of nitrogens with one attached hydrogen (secondary N) is 1. The lowest BCUT2D eigenvalue weighted by Gasteiger charge is -2.08. The number of carbonyl (C=O) groups excluding carboxylic acids is 3. The summed E-state index contributed by atoms with van der Waals surface area (Å²) in [7, 11) is 1.36. The monoisotopic (exact) mass is 324 g/mol. The SMILES string of the molecule is COc1ccc(NC(=O)COC(=O)CCC(C)=O)c([N+](=O)[O-])c1. The molecule has 1 rings (SSSR count). The van der Waals surface area contributed by atoms with E-state index in [9.17, 15) is 24.5 Å². The number of Topliss-reactive ketones (excluding diaryl/α,β-unsaturated/α-hetero) is 1. The number of hydrogen-bond acceptors (Lipinski definition) is 7. The highest BCUT2D eigenvalue weighted by atomic mass is 16.6. The van der Waals surface area contributed by atoms with E-state index in [1.807, 2.05) is 0 Å². The molecule has 0 fully saturated rings. The average molecular weight is 324 g/mol. The van der Waals surface area contributed by atoms with E-state index < -0.39 is 23.4 Å². The van der Waals surface area contributed by atoms with E-state index in [0.29, 0.717) is 0 Å². The third-order valence-corrected chi connectivity index (χ3v) is 2.72. The predicted molar refractivity (Wildman–Crippen MR) is 79.2 cm³/mol. The van der Waals surface area contributed by atoms with Crippen LogP contribution in [0.1, 0.15) is 19.8 Å². The van der Waals surface area contributed by atoms with Crippen LogP contribution in [-0.2, 0) is 19.1 Å². The summed E-state index contributed by atoms with van der Waals surface area (Å²) in [6.07, 6.45) is -0.0876. The first-order valence-corrected chi connectivity index (χ1v) is 6.60. The maximum Gasteiger partial charge on any atom is 0.306 e. The van der Waals surface area contributed by atoms with Crippen molar-refractivity contribution in [2.45, 2.75) is 19.8 Å². The van der Waals surface area contributed by atoms with Gasteiger partial charge in [0.25, 0.3) is 11.6 Å². The van der Waals surface area contributed by atoms with Gasteiger partial charge in [-0.2, -0.15) is 0 Å². The molecule has 9 nitrogen and oxygen atoms in total. The third-order valence-electron chi connectivity index (χ3n) is 2.72. The highest BCUT2D eigenvalue weighted by Gasteiger charge is 2.18. The first kappa shape index (κ1) is 18.1. The van der Waals surface area contributed by atoms with E-state index in [0.717, 1.165) is 6.07 Å². The van der Waals surface area contributed by atoms with Crippen LogP contribution >= 0.6 is 0 Å². The van der Waals surface area contributed by atoms with E-state index in [1.54, 1.807) is 0 Å². The fourth-order valence-corrected chi connectivity index (χ4v) is 1.58. The van der Waals surface area contributed by atoms with Crippen LogP contribution in [0, 0.1) is 10.1 Å². The number of nitro groups is 1. The Hall–Kier alpha value is -2.97. The van der Waals surface area contributed by atoms with Crippen LogP contribution in [0.15, 0.2) is 18.2 Å². The number of anilines is 1. The summed E-state index contributed by atoms with van der Waals surface area (Å²) >= 11 is 0. The Labute approximate surface area is 131 Å². The first-order valence-electron chi connectivity index (χ1n) is 6.60. The van der Waals surface area contributed by atoms with Crippen LogP contribution in [0.4, 0.5) is 11.4 Å². The zero-order chi connectivity index (χ0) is 17.4. The number of nitro benzene ring substituents is 1. The third kappa shape index (κ3) is 6.12. The standard InChI is InChI=1S/C14H16N2O7/c1-9(17)3-6-14(19)23-8-13(18)15-11-5-4-10(22-2)7-12(11)16(20)21/h4-5,7H,3,6,8H2,1-2H3,(H,15,18). The molecule has 0 aromatic heterocycles. The lowest BCUT2D eigenvalue weighted by Crippen LogP contribution is -2.21. The Morgan fingerprint density at radius 3 is 2.52 bits per heavy atom. The Morgan fingerprint density at radius 1 is 1.26 bits per heavy atom. The minimum absolute atomic E-state index is 0.0321. The van der Waals surface area contributed by atoms with Gasteiger partial charge in [0.15, 0.2) is 6.61 Å². The smallest absolute Gasteiger partial charge is 0.306 e. The highest BCUT2D eigenvalue weighted by Crippen LogP contribution is 2.28. The fourth-order valence-electron chi connectivity index (χ4n) is 1.58. The largest absolute Gasteiger partial charge is 0.496 e. The Kier molecular flexibility index (Phi) is 6.66. The minimum atomic E-state index is -0.727. The molecule has 1 aromatic rings. The number of ether oxygens (including phenoxy) is 2. The number of rotatable bonds is 8. The molecule has 0 heterocycles. The van der Waals surface area contributed by atoms with Gasteiger partial charge in [-0.3, -0.25) is 19.7 Å². The fraction of sp³-hybridized carbons (Fsp3) is 0.357. The molecule has 124 valence electrons. The zero-order valence-electron chi connectivity index (χ0n) is 12.7. The van der Waals surface area contributed by atoms with Gasteiger partial charge in [-0.05, 0) is 19.1 Å². The Bertz CT molecular complexity index is 628. The summed E-state index contributed by atoms with van der Waals surface area (Å²) in [6, 6.07) is 3.92. The van der Waals surface area contributed by atoms with Crippen molar-refractivity contribution in [3.63, 3.8) is 0 Å². The van der Waals surface area contributed by atoms with Gasteiger partial charge in [-0.1, -0.05) is 0 Å². The maximum absolute atomic E-state index is 11.7. The van der Waals surface area contributed by atoms with Gasteiger partial charge in [0.05, 0.1) is 24.5 Å². The van der Waals surface area contributed by atoms with Crippen LogP contribution in [0.25, 0.3) is 0 Å². The minimum Gasteiger partial charge on any atom is -0.496 e. The molecule has 9 heteroatoms. The zero-order valence-corrected chi connectivity index (χ0v) is 12.7. The van der Waals surface area contributed by atoms with Crippen LogP contribution in [0.3, 0.4) is 0 Å². The summed E-state index contributed by atoms with van der Waals surface area (Å²) in [4.78, 5) is 44.0. The molecule has 0 saturated carbocycles. The number of esters is 1. The molecule has 1 aromatic carbocycles. The van der Waals surface area contributed by atoms with Crippen molar-refractivity contribution < 1.29 is 28.8 Å². The number of amides is 1. The van der Waals surface area contributed by atoms with Crippen LogP contribution in [-0.4, -0.2) is 36.3 Å². The normalized spacial score (nSPS) is 9.83. The number of benzene rings is 1. The molecular weight excluding hydrogens is 308 g/mol. The van der Waals surface area contributed by atoms with Crippen LogP contribution in [0.2, 0.25) is 0 Å². The van der Waals surface area contributed by atoms with Gasteiger partial charge in [0.2, 0.25) is 0 Å². The van der Waals surface area contributed by atoms with Gasteiger partial charge in [0, 0.05) is 6.42 Å². The van der Waals surface area contributed by atoms with Crippen molar-refractivity contribution in [3.05, 3.63) is 28.3 Å². The highest BCUT2D eigenvalue weighted by molar-refractivity contribution is 5.95. The average Bonchev–Trinajstić information content (AvgIpc) is 2.51. The van der Waals surface area contributed by atoms with Gasteiger partial charge in [-0.15, -0.1) is 0 Å². The second-order valence-corrected chi connectivity index (χ2v) is 4.55. The van der Waals surface area contributed by atoms with Crippen LogP contribution < -0.4 is 10.1 Å². The predicted octanol–water partition coefficient (Wildman–Crippen LogP) is 1.45. The van der Waals surface area contributed by atoms with Crippen molar-refractivity contribution in [2.75, 3.05) is 19.0 Å². The molecule has 0 bridgehead atoms. The Morgan fingerprint density at radius 2 is 1.96 bits per heavy atom. The van der Waals surface area contributed by atoms with E-state index in [1.165, 1.54) is 26.2 Å². The van der Waals surface area contributed by atoms with Crippen LogP contribution in [0.5, 0.6) is 5.75 Å². The van der Waals surface area contributed by atoms with E-state index in [4.69, 9.17) is 4.74 Å². The number of hydrogen-bond donors (Lipinski definition) is 1. The molecule has 1 N–H and O–H groups in total. The molecule has 0 atom stereocenters. The van der Waals surface area contributed by atoms with Gasteiger partial charge in [0.1, 0.15) is 17.2 Å². The molecule has 0 radical (unpaired) electrons. The molecule has 0 saturated heterocycles. The summed E-state index contributed by atoms with van der Waals surface area (Å²) in [6.45, 7) is 0.739. The molecular formula is C14H16N2O7. The van der Waals surface area contributed by atoms with Crippen molar-refractivity contribution >= 4 is 29.0 Å². The quantitative estimate of drug-likeness (QED) is 0.436. The van der Waals surface area contributed by atoms with Crippen molar-refractivity contribution in [1.82, 2.24) is 0 Å². The van der Waals surface area contributed by atoms with E-state index in [2.05, 4.69) is 10.1 Å². The first-order chi connectivity index (χ1) is 10.8. The summed E-state index contributed by atoms with van der Waals surface area (Å²) in [5.41, 5.74) is -0.388. The lowest BCUT2D eigenvalue weighted by molar-refractivity contribution is -0.384. The lowest BCUT2D eigenvalue weighted by atomic mass is 10.2. The van der Waals surface area contributed by atoms with Gasteiger partial charge < -0.3 is 19.6 Å².